The average molecular weight is 240 g/mol. The molecule has 0 spiro atoms. The smallest absolute Gasteiger partial charge is 0.333 e. The van der Waals surface area contributed by atoms with Gasteiger partial charge in [-0.05, 0) is 6.92 Å². The number of barbiturate groups is 1. The lowest BCUT2D eigenvalue weighted by molar-refractivity contribution is -0.172. The Hall–Kier alpha value is -1.69. The number of aliphatic hydroxyl groups is 1. The summed E-state index contributed by atoms with van der Waals surface area (Å²) in [6.45, 7) is 6.76. The number of carbonyl (C=O) groups excluding carboxylic acids is 3. The van der Waals surface area contributed by atoms with Crippen LogP contribution in [-0.4, -0.2) is 52.4 Å². The minimum atomic E-state index is -2.25. The van der Waals surface area contributed by atoms with E-state index in [0.29, 0.717) is 5.57 Å². The first-order chi connectivity index (χ1) is 7.65. The first kappa shape index (κ1) is 13.4. The highest BCUT2D eigenvalue weighted by atomic mass is 16.3. The maximum Gasteiger partial charge on any atom is 0.333 e. The third kappa shape index (κ3) is 1.64. The SMILES string of the molecule is C=C(C)C(C)C1(O)C(=O)N(C)C(=O)N(C)C1=O. The zero-order valence-electron chi connectivity index (χ0n) is 10.4. The third-order valence-corrected chi connectivity index (χ3v) is 3.20. The molecule has 1 saturated heterocycles. The third-order valence-electron chi connectivity index (χ3n) is 3.20. The van der Waals surface area contributed by atoms with Crippen molar-refractivity contribution < 1.29 is 19.5 Å². The molecule has 0 aromatic carbocycles. The van der Waals surface area contributed by atoms with Gasteiger partial charge in [0.25, 0.3) is 11.8 Å². The fourth-order valence-corrected chi connectivity index (χ4v) is 1.73. The van der Waals surface area contributed by atoms with E-state index in [4.69, 9.17) is 0 Å². The molecule has 1 N–H and O–H groups in total. The second-order valence-electron chi connectivity index (χ2n) is 4.35. The van der Waals surface area contributed by atoms with Crippen LogP contribution < -0.4 is 0 Å². The van der Waals surface area contributed by atoms with Gasteiger partial charge in [0, 0.05) is 20.0 Å². The van der Waals surface area contributed by atoms with Crippen molar-refractivity contribution in [1.82, 2.24) is 9.80 Å². The number of rotatable bonds is 2. The Morgan fingerprint density at radius 1 is 1.24 bits per heavy atom. The number of hydrogen-bond donors (Lipinski definition) is 1. The van der Waals surface area contributed by atoms with E-state index in [9.17, 15) is 19.5 Å². The quantitative estimate of drug-likeness (QED) is 0.543. The van der Waals surface area contributed by atoms with Gasteiger partial charge in [-0.1, -0.05) is 19.1 Å². The number of imide groups is 2. The highest BCUT2D eigenvalue weighted by Gasteiger charge is 2.57. The van der Waals surface area contributed by atoms with Gasteiger partial charge < -0.3 is 5.11 Å². The van der Waals surface area contributed by atoms with Gasteiger partial charge in [0.2, 0.25) is 5.60 Å². The van der Waals surface area contributed by atoms with E-state index >= 15 is 0 Å². The van der Waals surface area contributed by atoms with Crippen LogP contribution in [0.2, 0.25) is 0 Å². The summed E-state index contributed by atoms with van der Waals surface area (Å²) in [5.74, 6) is -2.59. The standard InChI is InChI=1S/C11H16N2O4/c1-6(2)7(3)11(17)8(14)12(4)10(16)13(5)9(11)15/h7,17H,1H2,2-5H3. The number of hydrogen-bond acceptors (Lipinski definition) is 4. The van der Waals surface area contributed by atoms with Crippen LogP contribution >= 0.6 is 0 Å². The van der Waals surface area contributed by atoms with Gasteiger partial charge in [-0.2, -0.15) is 0 Å². The summed E-state index contributed by atoms with van der Waals surface area (Å²) in [4.78, 5) is 36.8. The van der Waals surface area contributed by atoms with Gasteiger partial charge in [-0.15, -0.1) is 0 Å². The molecule has 1 unspecified atom stereocenters. The number of carbonyl (C=O) groups is 3. The molecular weight excluding hydrogens is 224 g/mol. The van der Waals surface area contributed by atoms with Crippen LogP contribution in [0.5, 0.6) is 0 Å². The van der Waals surface area contributed by atoms with Gasteiger partial charge in [0.05, 0.1) is 0 Å². The lowest BCUT2D eigenvalue weighted by Gasteiger charge is -2.41. The Morgan fingerprint density at radius 3 is 1.88 bits per heavy atom. The fraction of sp³-hybridized carbons (Fsp3) is 0.545. The van der Waals surface area contributed by atoms with Crippen molar-refractivity contribution in [2.24, 2.45) is 5.92 Å². The summed E-state index contributed by atoms with van der Waals surface area (Å²) in [7, 11) is 2.45. The summed E-state index contributed by atoms with van der Waals surface area (Å²) >= 11 is 0. The zero-order chi connectivity index (χ0) is 13.5. The Kier molecular flexibility index (Phi) is 3.11. The fourth-order valence-electron chi connectivity index (χ4n) is 1.73. The molecule has 1 fully saturated rings. The van der Waals surface area contributed by atoms with Crippen LogP contribution in [-0.2, 0) is 9.59 Å². The van der Waals surface area contributed by atoms with Crippen molar-refractivity contribution in [3.05, 3.63) is 12.2 Å². The first-order valence-corrected chi connectivity index (χ1v) is 5.13. The van der Waals surface area contributed by atoms with E-state index in [2.05, 4.69) is 6.58 Å². The highest BCUT2D eigenvalue weighted by molar-refractivity contribution is 6.21. The number of amides is 4. The van der Waals surface area contributed by atoms with Gasteiger partial charge in [0.1, 0.15) is 0 Å². The van der Waals surface area contributed by atoms with Crippen molar-refractivity contribution in [3.63, 3.8) is 0 Å². The van der Waals surface area contributed by atoms with Crippen LogP contribution in [0.1, 0.15) is 13.8 Å². The molecule has 1 aliphatic heterocycles. The summed E-state index contributed by atoms with van der Waals surface area (Å²) in [5.41, 5.74) is -1.76. The summed E-state index contributed by atoms with van der Waals surface area (Å²) in [5, 5.41) is 10.3. The predicted molar refractivity (Wildman–Crippen MR) is 59.9 cm³/mol. The monoisotopic (exact) mass is 240 g/mol. The van der Waals surface area contributed by atoms with Gasteiger partial charge >= 0.3 is 6.03 Å². The molecule has 6 nitrogen and oxygen atoms in total. The lowest BCUT2D eigenvalue weighted by atomic mass is 9.81. The van der Waals surface area contributed by atoms with E-state index in [1.807, 2.05) is 0 Å². The van der Waals surface area contributed by atoms with E-state index < -0.39 is 29.4 Å². The van der Waals surface area contributed by atoms with E-state index in [0.717, 1.165) is 9.80 Å². The Bertz CT molecular complexity index is 392. The number of urea groups is 1. The molecule has 6 heteroatoms. The van der Waals surface area contributed by atoms with Gasteiger partial charge in [-0.25, -0.2) is 4.79 Å². The molecule has 0 saturated carbocycles. The molecule has 1 rings (SSSR count). The van der Waals surface area contributed by atoms with Crippen molar-refractivity contribution in [2.45, 2.75) is 19.4 Å². The molecule has 94 valence electrons. The molecule has 0 bridgehead atoms. The lowest BCUT2D eigenvalue weighted by Crippen LogP contribution is -2.69. The summed E-state index contributed by atoms with van der Waals surface area (Å²) in [6, 6.07) is -0.751. The van der Waals surface area contributed by atoms with E-state index in [-0.39, 0.29) is 0 Å². The molecule has 1 aliphatic rings. The molecule has 0 radical (unpaired) electrons. The van der Waals surface area contributed by atoms with Crippen LogP contribution in [0.15, 0.2) is 12.2 Å². The Morgan fingerprint density at radius 2 is 1.59 bits per heavy atom. The second-order valence-corrected chi connectivity index (χ2v) is 4.35. The maximum atomic E-state index is 11.9. The maximum absolute atomic E-state index is 11.9. The highest BCUT2D eigenvalue weighted by Crippen LogP contribution is 2.30. The van der Waals surface area contributed by atoms with Gasteiger partial charge in [-0.3, -0.25) is 19.4 Å². The molecule has 4 amide bonds. The minimum Gasteiger partial charge on any atom is -0.371 e. The molecule has 17 heavy (non-hydrogen) atoms. The summed E-state index contributed by atoms with van der Waals surface area (Å²) < 4.78 is 0. The van der Waals surface area contributed by atoms with Crippen LogP contribution in [0.3, 0.4) is 0 Å². The minimum absolute atomic E-state index is 0.491. The molecule has 0 aromatic rings. The van der Waals surface area contributed by atoms with Crippen LogP contribution in [0, 0.1) is 5.92 Å². The van der Waals surface area contributed by atoms with Crippen molar-refractivity contribution in [3.8, 4) is 0 Å². The number of likely N-dealkylation sites (N-methyl/N-ethyl adjacent to an activating group) is 2. The van der Waals surface area contributed by atoms with Crippen LogP contribution in [0.4, 0.5) is 4.79 Å². The predicted octanol–water partition coefficient (Wildman–Crippen LogP) is -0.0199. The normalized spacial score (nSPS) is 21.8. The Labute approximate surface area is 99.5 Å². The molecule has 0 aliphatic carbocycles. The topological polar surface area (TPSA) is 77.9 Å². The van der Waals surface area contributed by atoms with Gasteiger partial charge in [0.15, 0.2) is 0 Å². The summed E-state index contributed by atoms with van der Waals surface area (Å²) in [6.07, 6.45) is 0. The molecule has 1 atom stereocenters. The molecule has 1 heterocycles. The largest absolute Gasteiger partial charge is 0.371 e. The first-order valence-electron chi connectivity index (χ1n) is 5.13. The van der Waals surface area contributed by atoms with Crippen molar-refractivity contribution in [1.29, 1.82) is 0 Å². The van der Waals surface area contributed by atoms with Crippen molar-refractivity contribution in [2.75, 3.05) is 14.1 Å². The average Bonchev–Trinajstić information content (AvgIpc) is 2.30. The second kappa shape index (κ2) is 3.96. The van der Waals surface area contributed by atoms with Crippen molar-refractivity contribution >= 4 is 17.8 Å². The van der Waals surface area contributed by atoms with E-state index in [1.165, 1.54) is 21.0 Å². The Balaban J connectivity index is 3.31. The van der Waals surface area contributed by atoms with E-state index in [1.54, 1.807) is 6.92 Å². The van der Waals surface area contributed by atoms with Crippen LogP contribution in [0.25, 0.3) is 0 Å². The molecule has 0 aromatic heterocycles. The number of nitrogens with zero attached hydrogens (tertiary/aromatic N) is 2. The molecular formula is C11H16N2O4. The zero-order valence-corrected chi connectivity index (χ0v) is 10.4.